The first-order valence-electron chi connectivity index (χ1n) is 10.2. The van der Waals surface area contributed by atoms with Gasteiger partial charge in [0.15, 0.2) is 0 Å². The number of aliphatic hydroxyl groups excluding tert-OH is 2. The summed E-state index contributed by atoms with van der Waals surface area (Å²) in [4.78, 5) is 0. The van der Waals surface area contributed by atoms with Crippen LogP contribution in [0.5, 0.6) is 0 Å². The summed E-state index contributed by atoms with van der Waals surface area (Å²) in [5, 5.41) is 19.6. The summed E-state index contributed by atoms with van der Waals surface area (Å²) in [6.45, 7) is 4.23. The predicted molar refractivity (Wildman–Crippen MR) is 117 cm³/mol. The third kappa shape index (κ3) is 4.91. The van der Waals surface area contributed by atoms with E-state index in [9.17, 15) is 10.2 Å². The molecule has 1 saturated heterocycles. The number of hydrogen-bond acceptors (Lipinski definition) is 3. The van der Waals surface area contributed by atoms with Crippen LogP contribution in [0, 0.1) is 13.8 Å². The van der Waals surface area contributed by atoms with Crippen LogP contribution in [0.3, 0.4) is 0 Å². The Hall–Kier alpha value is -1.68. The molecule has 2 N–H and O–H groups in total. The van der Waals surface area contributed by atoms with Gasteiger partial charge in [-0.25, -0.2) is 0 Å². The molecule has 0 aliphatic carbocycles. The van der Waals surface area contributed by atoms with E-state index in [1.807, 2.05) is 0 Å². The van der Waals surface area contributed by atoms with Crippen molar-refractivity contribution in [2.24, 2.45) is 0 Å². The third-order valence-electron chi connectivity index (χ3n) is 5.69. The van der Waals surface area contributed by atoms with Gasteiger partial charge < -0.3 is 0 Å². The van der Waals surface area contributed by atoms with Gasteiger partial charge in [-0.3, -0.25) is 0 Å². The second-order valence-corrected chi connectivity index (χ2v) is 10.5. The van der Waals surface area contributed by atoms with Crippen molar-refractivity contribution in [3.05, 3.63) is 81.3 Å². The van der Waals surface area contributed by atoms with Crippen molar-refractivity contribution in [1.82, 2.24) is 0 Å². The van der Waals surface area contributed by atoms with Gasteiger partial charge in [-0.15, -0.1) is 0 Å². The second-order valence-electron chi connectivity index (χ2n) is 8.05. The fraction of sp³-hybridized carbons (Fsp3) is 0.360. The molecule has 1 aromatic heterocycles. The fourth-order valence-corrected chi connectivity index (χ4v) is 6.11. The molecule has 0 amide bonds. The molecule has 152 valence electrons. The van der Waals surface area contributed by atoms with Crippen LogP contribution >= 0.6 is 0 Å². The number of aliphatic hydroxyl groups is 2. The minimum absolute atomic E-state index is 0.0465. The number of hydrogen-bond donors (Lipinski definition) is 2. The first kappa shape index (κ1) is 20.6. The molecule has 0 radical (unpaired) electrons. The Labute approximate surface area is 178 Å². The summed E-state index contributed by atoms with van der Waals surface area (Å²) in [6, 6.07) is 19.8. The van der Waals surface area contributed by atoms with Gasteiger partial charge in [0.2, 0.25) is 0 Å². The first-order valence-corrected chi connectivity index (χ1v) is 11.9. The van der Waals surface area contributed by atoms with Crippen molar-refractivity contribution in [2.45, 2.75) is 51.4 Å². The van der Waals surface area contributed by atoms with Crippen LogP contribution in [0.1, 0.15) is 45.6 Å². The minimum atomic E-state index is -0.419. The molecule has 0 spiro atoms. The summed E-state index contributed by atoms with van der Waals surface area (Å²) >= 11 is 0.344. The molecule has 2 heterocycles. The zero-order chi connectivity index (χ0) is 20.4. The van der Waals surface area contributed by atoms with Gasteiger partial charge in [-0.2, -0.15) is 0 Å². The standard InChI is InChI=1S/C25H28O3Se/c1-16-3-6-18(7-4-16)25-10-9-23(29-25)12-20-11-19(8-5-17(20)2)24-14-21(27)13-22(15-26)28-24/h3-11,21-22,24,26-27H,12-15H2,1-2H3. The van der Waals surface area contributed by atoms with Gasteiger partial charge >= 0.3 is 179 Å². The van der Waals surface area contributed by atoms with E-state index in [-0.39, 0.29) is 18.8 Å². The summed E-state index contributed by atoms with van der Waals surface area (Å²) in [5.41, 5.74) is 6.31. The summed E-state index contributed by atoms with van der Waals surface area (Å²) in [5.74, 6) is 0. The maximum atomic E-state index is 10.1. The molecule has 1 aliphatic heterocycles. The quantitative estimate of drug-likeness (QED) is 0.568. The number of benzene rings is 2. The molecule has 2 aromatic carbocycles. The van der Waals surface area contributed by atoms with Gasteiger partial charge in [0, 0.05) is 0 Å². The molecule has 0 bridgehead atoms. The van der Waals surface area contributed by atoms with Crippen molar-refractivity contribution >= 4 is 14.5 Å². The number of ether oxygens (including phenoxy) is 1. The van der Waals surface area contributed by atoms with E-state index in [0.717, 1.165) is 12.0 Å². The van der Waals surface area contributed by atoms with Crippen LogP contribution in [0.15, 0.2) is 54.6 Å². The maximum absolute atomic E-state index is 10.1. The van der Waals surface area contributed by atoms with E-state index in [1.54, 1.807) is 0 Å². The molecule has 3 unspecified atom stereocenters. The molecule has 29 heavy (non-hydrogen) atoms. The predicted octanol–water partition coefficient (Wildman–Crippen LogP) is 4.19. The monoisotopic (exact) mass is 456 g/mol. The normalized spacial score (nSPS) is 22.0. The van der Waals surface area contributed by atoms with Crippen molar-refractivity contribution in [3.8, 4) is 10.0 Å². The van der Waals surface area contributed by atoms with Gasteiger partial charge in [-0.05, 0) is 0 Å². The molecular formula is C25H28O3Se. The van der Waals surface area contributed by atoms with Crippen LogP contribution in [0.25, 0.3) is 10.0 Å². The van der Waals surface area contributed by atoms with Crippen LogP contribution in [0.4, 0.5) is 0 Å². The molecular weight excluding hydrogens is 427 g/mol. The Morgan fingerprint density at radius 1 is 1.00 bits per heavy atom. The average Bonchev–Trinajstić information content (AvgIpc) is 3.18. The van der Waals surface area contributed by atoms with Gasteiger partial charge in [0.05, 0.1) is 0 Å². The average molecular weight is 455 g/mol. The van der Waals surface area contributed by atoms with Crippen molar-refractivity contribution in [1.29, 1.82) is 0 Å². The Morgan fingerprint density at radius 2 is 1.79 bits per heavy atom. The van der Waals surface area contributed by atoms with Crippen molar-refractivity contribution < 1.29 is 14.9 Å². The van der Waals surface area contributed by atoms with E-state index in [4.69, 9.17) is 4.74 Å². The molecule has 3 atom stereocenters. The van der Waals surface area contributed by atoms with E-state index in [2.05, 4.69) is 68.4 Å². The van der Waals surface area contributed by atoms with Crippen LogP contribution in [-0.2, 0) is 11.2 Å². The SMILES string of the molecule is Cc1ccc(-c2ccc(Cc3cc(C4CC(O)CC(CO)O4)ccc3C)[se]2)cc1. The number of aryl methyl sites for hydroxylation is 2. The fourth-order valence-electron chi connectivity index (χ4n) is 3.94. The van der Waals surface area contributed by atoms with E-state index < -0.39 is 6.10 Å². The van der Waals surface area contributed by atoms with E-state index >= 15 is 0 Å². The van der Waals surface area contributed by atoms with Crippen LogP contribution in [0.2, 0.25) is 0 Å². The Balaban J connectivity index is 1.53. The Kier molecular flexibility index (Phi) is 6.38. The van der Waals surface area contributed by atoms with E-state index in [0.29, 0.717) is 27.3 Å². The van der Waals surface area contributed by atoms with E-state index in [1.165, 1.54) is 31.1 Å². The molecule has 3 aromatic rings. The molecule has 3 nitrogen and oxygen atoms in total. The van der Waals surface area contributed by atoms with Crippen molar-refractivity contribution in [3.63, 3.8) is 0 Å². The first-order chi connectivity index (χ1) is 14.0. The molecule has 0 saturated carbocycles. The number of rotatable bonds is 5. The van der Waals surface area contributed by atoms with Crippen molar-refractivity contribution in [2.75, 3.05) is 6.61 Å². The zero-order valence-corrected chi connectivity index (χ0v) is 18.7. The van der Waals surface area contributed by atoms with Gasteiger partial charge in [0.25, 0.3) is 0 Å². The van der Waals surface area contributed by atoms with Gasteiger partial charge in [-0.1, -0.05) is 0 Å². The summed E-state index contributed by atoms with van der Waals surface area (Å²) in [6.07, 6.45) is 1.19. The molecule has 4 rings (SSSR count). The molecule has 4 heteroatoms. The Morgan fingerprint density at radius 3 is 2.55 bits per heavy atom. The zero-order valence-electron chi connectivity index (χ0n) is 17.0. The summed E-state index contributed by atoms with van der Waals surface area (Å²) < 4.78 is 8.92. The second kappa shape index (κ2) is 8.99. The molecule has 1 fully saturated rings. The Bertz CT molecular complexity index is 960. The van der Waals surface area contributed by atoms with Crippen LogP contribution in [-0.4, -0.2) is 43.5 Å². The van der Waals surface area contributed by atoms with Crippen LogP contribution < -0.4 is 0 Å². The third-order valence-corrected chi connectivity index (χ3v) is 8.07. The summed E-state index contributed by atoms with van der Waals surface area (Å²) in [7, 11) is 0. The molecule has 1 aliphatic rings. The topological polar surface area (TPSA) is 49.7 Å². The van der Waals surface area contributed by atoms with Gasteiger partial charge in [0.1, 0.15) is 0 Å².